The molecule has 10 heteroatoms. The molecule has 0 aliphatic carbocycles. The largest absolute Gasteiger partial charge is 0.490 e. The molecule has 0 radical (unpaired) electrons. The fourth-order valence-corrected chi connectivity index (χ4v) is 2.95. The molecule has 3 heterocycles. The van der Waals surface area contributed by atoms with E-state index in [0.29, 0.717) is 17.7 Å². The summed E-state index contributed by atoms with van der Waals surface area (Å²) in [4.78, 5) is 28.6. The van der Waals surface area contributed by atoms with E-state index < -0.39 is 12.1 Å². The van der Waals surface area contributed by atoms with Crippen molar-refractivity contribution in [1.29, 1.82) is 5.26 Å². The van der Waals surface area contributed by atoms with Crippen LogP contribution in [0, 0.1) is 11.3 Å². The second kappa shape index (κ2) is 8.71. The third-order valence-electron chi connectivity index (χ3n) is 4.41. The van der Waals surface area contributed by atoms with Crippen LogP contribution in [-0.4, -0.2) is 39.7 Å². The van der Waals surface area contributed by atoms with E-state index in [1.807, 2.05) is 36.4 Å². The van der Waals surface area contributed by atoms with Gasteiger partial charge < -0.3 is 15.4 Å². The molecule has 0 saturated carbocycles. The highest BCUT2D eigenvalue weighted by Gasteiger charge is 2.38. The van der Waals surface area contributed by atoms with Gasteiger partial charge in [-0.3, -0.25) is 9.78 Å². The van der Waals surface area contributed by atoms with E-state index in [9.17, 15) is 18.0 Å². The maximum atomic E-state index is 11.9. The van der Waals surface area contributed by atoms with Gasteiger partial charge in [0.1, 0.15) is 0 Å². The highest BCUT2D eigenvalue weighted by atomic mass is 19.4. The number of pyridine rings is 1. The summed E-state index contributed by atoms with van der Waals surface area (Å²) in [7, 11) is 0. The van der Waals surface area contributed by atoms with Crippen LogP contribution in [0.15, 0.2) is 48.7 Å². The number of rotatable bonds is 2. The summed E-state index contributed by atoms with van der Waals surface area (Å²) >= 11 is 0. The van der Waals surface area contributed by atoms with E-state index in [1.165, 1.54) is 0 Å². The molecule has 0 bridgehead atoms. The smallest absolute Gasteiger partial charge is 0.475 e. The molecule has 0 unspecified atom stereocenters. The first-order valence-corrected chi connectivity index (χ1v) is 8.96. The van der Waals surface area contributed by atoms with Crippen LogP contribution in [0.2, 0.25) is 0 Å². The lowest BCUT2D eigenvalue weighted by Gasteiger charge is -2.10. The molecule has 7 nitrogen and oxygen atoms in total. The Balaban J connectivity index is 0.000000339. The fourth-order valence-electron chi connectivity index (χ4n) is 2.95. The molecule has 1 amide bonds. The quantitative estimate of drug-likeness (QED) is 0.577. The van der Waals surface area contributed by atoms with E-state index in [1.54, 1.807) is 12.3 Å². The van der Waals surface area contributed by atoms with E-state index in [4.69, 9.17) is 15.2 Å². The summed E-state index contributed by atoms with van der Waals surface area (Å²) in [5.41, 5.74) is 5.83. The lowest BCUT2D eigenvalue weighted by atomic mass is 10.0. The zero-order valence-electron chi connectivity index (χ0n) is 15.8. The summed E-state index contributed by atoms with van der Waals surface area (Å²) in [6.45, 7) is 0.661. The van der Waals surface area contributed by atoms with Crippen LogP contribution in [0.5, 0.6) is 0 Å². The Morgan fingerprint density at radius 1 is 1.16 bits per heavy atom. The van der Waals surface area contributed by atoms with Gasteiger partial charge in [-0.05, 0) is 30.3 Å². The Morgan fingerprint density at radius 3 is 2.55 bits per heavy atom. The minimum atomic E-state index is -5.08. The molecule has 4 rings (SSSR count). The average Bonchev–Trinajstić information content (AvgIpc) is 3.20. The normalized spacial score (nSPS) is 12.6. The van der Waals surface area contributed by atoms with Crippen LogP contribution >= 0.6 is 0 Å². The highest BCUT2D eigenvalue weighted by molar-refractivity contribution is 5.97. The number of hydrogen-bond acceptors (Lipinski definition) is 4. The number of carbonyl (C=O) groups is 2. The van der Waals surface area contributed by atoms with Gasteiger partial charge in [0, 0.05) is 41.7 Å². The summed E-state index contributed by atoms with van der Waals surface area (Å²) in [5, 5.41) is 19.0. The van der Waals surface area contributed by atoms with Gasteiger partial charge in [0.25, 0.3) is 5.91 Å². The first-order chi connectivity index (χ1) is 14.7. The second-order valence-electron chi connectivity index (χ2n) is 6.51. The number of alkyl halides is 3. The van der Waals surface area contributed by atoms with Crippen molar-refractivity contribution in [3.63, 3.8) is 0 Å². The number of aromatic amines is 1. The Bertz CT molecular complexity index is 1180. The number of aromatic nitrogens is 2. The molecule has 31 heavy (non-hydrogen) atoms. The average molecular weight is 428 g/mol. The van der Waals surface area contributed by atoms with Gasteiger partial charge in [0.05, 0.1) is 22.9 Å². The van der Waals surface area contributed by atoms with Crippen LogP contribution in [0.3, 0.4) is 0 Å². The minimum absolute atomic E-state index is 0.0326. The van der Waals surface area contributed by atoms with Gasteiger partial charge in [-0.25, -0.2) is 4.79 Å². The van der Waals surface area contributed by atoms with Crippen molar-refractivity contribution in [2.75, 3.05) is 6.54 Å². The summed E-state index contributed by atoms with van der Waals surface area (Å²) in [6, 6.07) is 15.3. The van der Waals surface area contributed by atoms with Crippen molar-refractivity contribution < 1.29 is 27.9 Å². The monoisotopic (exact) mass is 428 g/mol. The third-order valence-corrected chi connectivity index (χ3v) is 4.41. The van der Waals surface area contributed by atoms with E-state index >= 15 is 0 Å². The van der Waals surface area contributed by atoms with Crippen LogP contribution in [-0.2, 0) is 11.2 Å². The number of nitrogens with zero attached hydrogens (tertiary/aromatic N) is 2. The topological polar surface area (TPSA) is 119 Å². The van der Waals surface area contributed by atoms with Gasteiger partial charge in [0.2, 0.25) is 0 Å². The number of carboxylic acid groups (broad SMARTS) is 1. The van der Waals surface area contributed by atoms with Crippen molar-refractivity contribution in [1.82, 2.24) is 15.3 Å². The first-order valence-electron chi connectivity index (χ1n) is 8.96. The molecular formula is C21H15F3N4O3. The number of hydrogen-bond donors (Lipinski definition) is 3. The molecule has 1 aliphatic rings. The molecule has 0 saturated heterocycles. The fraction of sp³-hybridized carbons (Fsp3) is 0.143. The number of amides is 1. The molecule has 3 aromatic rings. The molecule has 1 aliphatic heterocycles. The van der Waals surface area contributed by atoms with Crippen molar-refractivity contribution in [3.8, 4) is 28.6 Å². The SMILES string of the molecule is N#Cc1cccc(-c2cc(-c3cc4c([nH]3)CCNC4=O)ccn2)c1.O=C(O)C(F)(F)F. The van der Waals surface area contributed by atoms with Crippen LogP contribution in [0.4, 0.5) is 13.2 Å². The maximum absolute atomic E-state index is 11.9. The minimum Gasteiger partial charge on any atom is -0.475 e. The Kier molecular flexibility index (Phi) is 6.06. The molecule has 2 aromatic heterocycles. The first kappa shape index (κ1) is 21.6. The van der Waals surface area contributed by atoms with E-state index in [0.717, 1.165) is 34.6 Å². The Morgan fingerprint density at radius 2 is 1.90 bits per heavy atom. The number of aliphatic carboxylic acids is 1. The number of fused-ring (bicyclic) bond motifs is 1. The number of carboxylic acids is 1. The van der Waals surface area contributed by atoms with Crippen molar-refractivity contribution >= 4 is 11.9 Å². The number of benzene rings is 1. The molecule has 0 atom stereocenters. The lowest BCUT2D eigenvalue weighted by molar-refractivity contribution is -0.192. The third kappa shape index (κ3) is 5.08. The van der Waals surface area contributed by atoms with E-state index in [-0.39, 0.29) is 5.91 Å². The molecule has 1 aromatic carbocycles. The number of halogens is 3. The van der Waals surface area contributed by atoms with Crippen LogP contribution < -0.4 is 5.32 Å². The number of nitrogens with one attached hydrogen (secondary N) is 2. The Hall–Kier alpha value is -4.13. The standard InChI is InChI=1S/C19H14N4O.C2HF3O2/c20-11-12-2-1-3-13(8-12)17-9-14(4-6-21-17)18-10-15-16(23-18)5-7-22-19(15)24;3-2(4,5)1(6)7/h1-4,6,8-10,23H,5,7H2,(H,22,24);(H,6,7). The van der Waals surface area contributed by atoms with Gasteiger partial charge in [-0.15, -0.1) is 0 Å². The van der Waals surface area contributed by atoms with Crippen LogP contribution in [0.1, 0.15) is 21.6 Å². The summed E-state index contributed by atoms with van der Waals surface area (Å²) in [5.74, 6) is -2.79. The van der Waals surface area contributed by atoms with Gasteiger partial charge in [-0.2, -0.15) is 18.4 Å². The second-order valence-corrected chi connectivity index (χ2v) is 6.51. The molecule has 0 fully saturated rings. The maximum Gasteiger partial charge on any atom is 0.490 e. The van der Waals surface area contributed by atoms with Gasteiger partial charge >= 0.3 is 12.1 Å². The van der Waals surface area contributed by atoms with Crippen molar-refractivity contribution in [2.45, 2.75) is 12.6 Å². The molecule has 158 valence electrons. The highest BCUT2D eigenvalue weighted by Crippen LogP contribution is 2.27. The number of carbonyl (C=O) groups excluding carboxylic acids is 1. The number of H-pyrrole nitrogens is 1. The zero-order valence-corrected chi connectivity index (χ0v) is 15.8. The molecule has 0 spiro atoms. The van der Waals surface area contributed by atoms with Crippen molar-refractivity contribution in [3.05, 3.63) is 65.5 Å². The van der Waals surface area contributed by atoms with Gasteiger partial charge in [0.15, 0.2) is 0 Å². The Labute approximate surface area is 174 Å². The molecular weight excluding hydrogens is 413 g/mol. The summed E-state index contributed by atoms with van der Waals surface area (Å²) in [6.07, 6.45) is -2.53. The zero-order chi connectivity index (χ0) is 22.6. The lowest BCUT2D eigenvalue weighted by Crippen LogP contribution is -2.31. The van der Waals surface area contributed by atoms with E-state index in [2.05, 4.69) is 21.4 Å². The predicted molar refractivity (Wildman–Crippen MR) is 104 cm³/mol. The predicted octanol–water partition coefficient (Wildman–Crippen LogP) is 3.53. The molecule has 3 N–H and O–H groups in total. The van der Waals surface area contributed by atoms with Crippen molar-refractivity contribution in [2.24, 2.45) is 0 Å². The number of nitriles is 1. The van der Waals surface area contributed by atoms with Crippen LogP contribution in [0.25, 0.3) is 22.5 Å². The van der Waals surface area contributed by atoms with Gasteiger partial charge in [-0.1, -0.05) is 12.1 Å². The summed E-state index contributed by atoms with van der Waals surface area (Å²) < 4.78 is 31.7.